The third-order valence-corrected chi connectivity index (χ3v) is 5.91. The molecule has 4 rings (SSSR count). The van der Waals surface area contributed by atoms with Crippen LogP contribution in [0.2, 0.25) is 5.02 Å². The molecular weight excluding hydrogens is 432 g/mol. The molecule has 0 aliphatic carbocycles. The van der Waals surface area contributed by atoms with Gasteiger partial charge in [-0.3, -0.25) is 9.69 Å². The van der Waals surface area contributed by atoms with Gasteiger partial charge in [0.15, 0.2) is 6.61 Å². The Kier molecular flexibility index (Phi) is 6.08. The third-order valence-electron chi connectivity index (χ3n) is 4.53. The summed E-state index contributed by atoms with van der Waals surface area (Å²) in [5, 5.41) is 9.89. The van der Waals surface area contributed by atoms with Gasteiger partial charge in [-0.2, -0.15) is 5.26 Å². The molecule has 0 saturated carbocycles. The average molecular weight is 447 g/mol. The molecule has 0 atom stereocenters. The molecular formula is C24H15ClN2O3S. The Bertz CT molecular complexity index is 1190. The van der Waals surface area contributed by atoms with Gasteiger partial charge in [-0.25, -0.2) is 4.79 Å². The average Bonchev–Trinajstić information content (AvgIpc) is 2.80. The van der Waals surface area contributed by atoms with Crippen molar-refractivity contribution in [3.63, 3.8) is 0 Å². The van der Waals surface area contributed by atoms with Crippen LogP contribution in [0.4, 0.5) is 11.4 Å². The van der Waals surface area contributed by atoms with Gasteiger partial charge >= 0.3 is 5.97 Å². The lowest BCUT2D eigenvalue weighted by Gasteiger charge is -2.30. The Morgan fingerprint density at radius 2 is 1.55 bits per heavy atom. The number of anilines is 2. The summed E-state index contributed by atoms with van der Waals surface area (Å²) in [6.45, 7) is -0.494. The first-order valence-corrected chi connectivity index (χ1v) is 10.5. The van der Waals surface area contributed by atoms with Crippen LogP contribution in [0.25, 0.3) is 6.08 Å². The number of benzene rings is 3. The number of nitrogens with zero attached hydrogens (tertiary/aromatic N) is 2. The van der Waals surface area contributed by atoms with Crippen molar-refractivity contribution in [2.75, 3.05) is 11.5 Å². The van der Waals surface area contributed by atoms with Crippen LogP contribution in [0, 0.1) is 11.3 Å². The normalized spacial score (nSPS) is 12.4. The summed E-state index contributed by atoms with van der Waals surface area (Å²) >= 11 is 7.43. The number of carbonyl (C=O) groups is 2. The molecule has 3 aromatic rings. The van der Waals surface area contributed by atoms with E-state index in [-0.39, 0.29) is 5.57 Å². The van der Waals surface area contributed by atoms with Crippen LogP contribution in [0.1, 0.15) is 5.56 Å². The van der Waals surface area contributed by atoms with Crippen LogP contribution in [0.15, 0.2) is 88.2 Å². The van der Waals surface area contributed by atoms with E-state index in [1.165, 1.54) is 6.08 Å². The molecule has 0 N–H and O–H groups in total. The summed E-state index contributed by atoms with van der Waals surface area (Å²) in [5.41, 5.74) is 1.87. The molecule has 7 heteroatoms. The molecule has 0 spiro atoms. The first-order chi connectivity index (χ1) is 15.1. The Balaban J connectivity index is 1.53. The molecule has 0 saturated heterocycles. The Labute approximate surface area is 188 Å². The minimum absolute atomic E-state index is 0.204. The molecule has 0 bridgehead atoms. The Hall–Kier alpha value is -3.53. The SMILES string of the molecule is N#C/C(=C\c1ccc(Cl)cc1)C(=O)OCC(=O)N1c2ccccc2Sc2ccccc21. The molecule has 0 radical (unpaired) electrons. The fourth-order valence-electron chi connectivity index (χ4n) is 3.11. The monoisotopic (exact) mass is 446 g/mol. The maximum Gasteiger partial charge on any atom is 0.349 e. The van der Waals surface area contributed by atoms with Crippen molar-refractivity contribution in [2.24, 2.45) is 0 Å². The van der Waals surface area contributed by atoms with Crippen LogP contribution in [0.3, 0.4) is 0 Å². The predicted molar refractivity (Wildman–Crippen MR) is 120 cm³/mol. The first-order valence-electron chi connectivity index (χ1n) is 9.30. The minimum Gasteiger partial charge on any atom is -0.451 e. The summed E-state index contributed by atoms with van der Waals surface area (Å²) in [5.74, 6) is -1.27. The van der Waals surface area contributed by atoms with Crippen molar-refractivity contribution in [3.8, 4) is 6.07 Å². The number of para-hydroxylation sites is 2. The quantitative estimate of drug-likeness (QED) is 0.295. The maximum atomic E-state index is 13.1. The van der Waals surface area contributed by atoms with Crippen LogP contribution in [0.5, 0.6) is 0 Å². The van der Waals surface area contributed by atoms with Crippen LogP contribution in [-0.2, 0) is 14.3 Å². The largest absolute Gasteiger partial charge is 0.451 e. The zero-order chi connectivity index (χ0) is 21.8. The lowest BCUT2D eigenvalue weighted by atomic mass is 10.1. The van der Waals surface area contributed by atoms with Gasteiger partial charge in [0.2, 0.25) is 0 Å². The van der Waals surface area contributed by atoms with Gasteiger partial charge in [-0.1, -0.05) is 59.8 Å². The molecule has 5 nitrogen and oxygen atoms in total. The Morgan fingerprint density at radius 3 is 2.13 bits per heavy atom. The molecule has 0 aromatic heterocycles. The van der Waals surface area contributed by atoms with E-state index in [4.69, 9.17) is 16.3 Å². The van der Waals surface area contributed by atoms with Crippen molar-refractivity contribution in [2.45, 2.75) is 9.79 Å². The van der Waals surface area contributed by atoms with Crippen molar-refractivity contribution in [1.82, 2.24) is 0 Å². The second-order valence-corrected chi connectivity index (χ2v) is 8.08. The fourth-order valence-corrected chi connectivity index (χ4v) is 4.29. The number of esters is 1. The number of amides is 1. The summed E-state index contributed by atoms with van der Waals surface area (Å²) in [6, 6.07) is 23.6. The minimum atomic E-state index is -0.862. The molecule has 3 aromatic carbocycles. The molecule has 1 aliphatic rings. The lowest BCUT2D eigenvalue weighted by molar-refractivity contribution is -0.143. The zero-order valence-electron chi connectivity index (χ0n) is 16.1. The molecule has 0 fully saturated rings. The maximum absolute atomic E-state index is 13.1. The number of hydrogen-bond acceptors (Lipinski definition) is 5. The van der Waals surface area contributed by atoms with E-state index in [0.29, 0.717) is 10.6 Å². The van der Waals surface area contributed by atoms with Crippen molar-refractivity contribution in [3.05, 3.63) is 89.0 Å². The number of rotatable bonds is 4. The second-order valence-electron chi connectivity index (χ2n) is 6.56. The van der Waals surface area contributed by atoms with E-state index < -0.39 is 18.5 Å². The highest BCUT2D eigenvalue weighted by Crippen LogP contribution is 2.47. The van der Waals surface area contributed by atoms with Crippen LogP contribution in [-0.4, -0.2) is 18.5 Å². The van der Waals surface area contributed by atoms with E-state index in [1.807, 2.05) is 54.6 Å². The number of fused-ring (bicyclic) bond motifs is 2. The van der Waals surface area contributed by atoms with E-state index in [9.17, 15) is 14.9 Å². The standard InChI is InChI=1S/C24H15ClN2O3S/c25-18-11-9-16(10-12-18)13-17(14-26)24(29)30-15-23(28)27-19-5-1-3-7-21(19)31-22-8-4-2-6-20(22)27/h1-13H,15H2/b17-13+. The third kappa shape index (κ3) is 4.48. The second kappa shape index (κ2) is 9.09. The lowest BCUT2D eigenvalue weighted by Crippen LogP contribution is -2.32. The van der Waals surface area contributed by atoms with E-state index in [0.717, 1.165) is 21.2 Å². The fraction of sp³-hybridized carbons (Fsp3) is 0.0417. The molecule has 152 valence electrons. The number of carbonyl (C=O) groups excluding carboxylic acids is 2. The summed E-state index contributed by atoms with van der Waals surface area (Å²) < 4.78 is 5.18. The summed E-state index contributed by atoms with van der Waals surface area (Å²) in [4.78, 5) is 28.9. The van der Waals surface area contributed by atoms with Gasteiger partial charge in [0.1, 0.15) is 11.6 Å². The highest BCUT2D eigenvalue weighted by molar-refractivity contribution is 7.99. The summed E-state index contributed by atoms with van der Waals surface area (Å²) in [6.07, 6.45) is 1.39. The molecule has 31 heavy (non-hydrogen) atoms. The van der Waals surface area contributed by atoms with E-state index >= 15 is 0 Å². The van der Waals surface area contributed by atoms with E-state index in [2.05, 4.69) is 0 Å². The van der Waals surface area contributed by atoms with Gasteiger partial charge in [-0.05, 0) is 48.0 Å². The number of halogens is 1. The number of ether oxygens (including phenoxy) is 1. The first kappa shape index (κ1) is 20.7. The van der Waals surface area contributed by atoms with Crippen molar-refractivity contribution < 1.29 is 14.3 Å². The molecule has 1 amide bonds. The van der Waals surface area contributed by atoms with Crippen LogP contribution < -0.4 is 4.90 Å². The highest BCUT2D eigenvalue weighted by atomic mass is 35.5. The van der Waals surface area contributed by atoms with Gasteiger partial charge in [-0.15, -0.1) is 0 Å². The van der Waals surface area contributed by atoms with Gasteiger partial charge < -0.3 is 4.74 Å². The number of hydrogen-bond donors (Lipinski definition) is 0. The molecule has 1 heterocycles. The van der Waals surface area contributed by atoms with Crippen molar-refractivity contribution in [1.29, 1.82) is 5.26 Å². The zero-order valence-corrected chi connectivity index (χ0v) is 17.7. The van der Waals surface area contributed by atoms with Crippen molar-refractivity contribution >= 4 is 52.7 Å². The van der Waals surface area contributed by atoms with E-state index in [1.54, 1.807) is 40.9 Å². The molecule has 0 unspecified atom stereocenters. The molecule has 1 aliphatic heterocycles. The smallest absolute Gasteiger partial charge is 0.349 e. The van der Waals surface area contributed by atoms with Gasteiger partial charge in [0.25, 0.3) is 5.91 Å². The van der Waals surface area contributed by atoms with Gasteiger partial charge in [0.05, 0.1) is 11.4 Å². The van der Waals surface area contributed by atoms with Gasteiger partial charge in [0, 0.05) is 14.8 Å². The predicted octanol–water partition coefficient (Wildman–Crippen LogP) is 5.62. The van der Waals surface area contributed by atoms with Crippen LogP contribution >= 0.6 is 23.4 Å². The topological polar surface area (TPSA) is 70.4 Å². The Morgan fingerprint density at radius 1 is 0.968 bits per heavy atom. The highest BCUT2D eigenvalue weighted by Gasteiger charge is 2.28. The number of nitriles is 1. The summed E-state index contributed by atoms with van der Waals surface area (Å²) in [7, 11) is 0.